The molecule has 0 radical (unpaired) electrons. The van der Waals surface area contributed by atoms with Gasteiger partial charge in [0.1, 0.15) is 0 Å². The van der Waals surface area contributed by atoms with Crippen molar-refractivity contribution < 1.29 is 34.9 Å². The van der Waals surface area contributed by atoms with E-state index in [2.05, 4.69) is 0 Å². The highest BCUT2D eigenvalue weighted by Crippen LogP contribution is 2.39. The third kappa shape index (κ3) is 3.37. The fourth-order valence-electron chi connectivity index (χ4n) is 0.582. The van der Waals surface area contributed by atoms with E-state index < -0.39 is 33.9 Å². The Bertz CT molecular complexity index is 293. The van der Waals surface area contributed by atoms with Gasteiger partial charge in [0.25, 0.3) is 10.1 Å². The number of rotatable bonds is 3. The van der Waals surface area contributed by atoms with Crippen LogP contribution in [0.25, 0.3) is 0 Å². The summed E-state index contributed by atoms with van der Waals surface area (Å²) in [6.45, 7) is 0.564. The van der Waals surface area contributed by atoms with E-state index in [1.807, 2.05) is 0 Å². The molecule has 0 aromatic rings. The lowest BCUT2D eigenvalue weighted by Crippen LogP contribution is -2.40. The van der Waals surface area contributed by atoms with Crippen LogP contribution in [0.5, 0.6) is 0 Å². The fourth-order valence-corrected chi connectivity index (χ4v) is 1.00. The number of hydrogen-bond donors (Lipinski definition) is 1. The molecule has 3 nitrogen and oxygen atoms in total. The second-order valence-electron chi connectivity index (χ2n) is 2.73. The Kier molecular flexibility index (Phi) is 3.50. The van der Waals surface area contributed by atoms with Gasteiger partial charge >= 0.3 is 12.1 Å². The molecular formula is C5H7F5O3S. The molecule has 9 heteroatoms. The maximum absolute atomic E-state index is 12.2. The summed E-state index contributed by atoms with van der Waals surface area (Å²) in [5.74, 6) is -5.12. The van der Waals surface area contributed by atoms with E-state index >= 15 is 0 Å². The molecule has 1 unspecified atom stereocenters. The highest BCUT2D eigenvalue weighted by molar-refractivity contribution is 7.86. The molecule has 86 valence electrons. The molecule has 0 aromatic carbocycles. The standard InChI is InChI=1S/C5H7F5O3S/c1-3(14(11,12)13)2-4(6,7)5(8,9)10/h3H,2H2,1H3,(H,11,12,13). The molecule has 0 spiro atoms. The first kappa shape index (κ1) is 13.6. The minimum Gasteiger partial charge on any atom is -0.285 e. The summed E-state index contributed by atoms with van der Waals surface area (Å²) >= 11 is 0. The molecule has 0 bridgehead atoms. The Morgan fingerprint density at radius 2 is 1.57 bits per heavy atom. The second kappa shape index (κ2) is 3.61. The average molecular weight is 242 g/mol. The molecule has 1 N–H and O–H groups in total. The molecule has 0 amide bonds. The molecule has 1 atom stereocenters. The third-order valence-corrected chi connectivity index (χ3v) is 2.65. The lowest BCUT2D eigenvalue weighted by molar-refractivity contribution is -0.284. The molecule has 0 aliphatic carbocycles. The predicted octanol–water partition coefficient (Wildman–Crippen LogP) is 1.85. The molecule has 0 aliphatic heterocycles. The summed E-state index contributed by atoms with van der Waals surface area (Å²) in [6.07, 6.45) is -7.80. The summed E-state index contributed by atoms with van der Waals surface area (Å²) in [6, 6.07) is 0. The maximum Gasteiger partial charge on any atom is 0.453 e. The van der Waals surface area contributed by atoms with Crippen molar-refractivity contribution in [3.05, 3.63) is 0 Å². The van der Waals surface area contributed by atoms with Gasteiger partial charge in [-0.2, -0.15) is 30.4 Å². The number of halogens is 5. The second-order valence-corrected chi connectivity index (χ2v) is 4.57. The van der Waals surface area contributed by atoms with Gasteiger partial charge in [0.15, 0.2) is 0 Å². The zero-order chi connectivity index (χ0) is 11.8. The van der Waals surface area contributed by atoms with Gasteiger partial charge in [-0.15, -0.1) is 0 Å². The SMILES string of the molecule is CC(CC(F)(F)C(F)(F)F)S(=O)(=O)O. The molecule has 0 saturated heterocycles. The van der Waals surface area contributed by atoms with Crippen LogP contribution >= 0.6 is 0 Å². The van der Waals surface area contributed by atoms with Crippen molar-refractivity contribution in [2.75, 3.05) is 0 Å². The van der Waals surface area contributed by atoms with E-state index in [1.54, 1.807) is 0 Å². The van der Waals surface area contributed by atoms with E-state index in [1.165, 1.54) is 0 Å². The highest BCUT2D eigenvalue weighted by atomic mass is 32.2. The van der Waals surface area contributed by atoms with Crippen LogP contribution in [-0.2, 0) is 10.1 Å². The third-order valence-electron chi connectivity index (χ3n) is 1.47. The smallest absolute Gasteiger partial charge is 0.285 e. The van der Waals surface area contributed by atoms with Crippen molar-refractivity contribution in [1.82, 2.24) is 0 Å². The molecule has 0 saturated carbocycles. The minimum absolute atomic E-state index is 0.564. The quantitative estimate of drug-likeness (QED) is 0.607. The van der Waals surface area contributed by atoms with Crippen LogP contribution in [0.15, 0.2) is 0 Å². The maximum atomic E-state index is 12.2. The van der Waals surface area contributed by atoms with Crippen molar-refractivity contribution in [3.8, 4) is 0 Å². The normalized spacial score (nSPS) is 16.8. The lowest BCUT2D eigenvalue weighted by Gasteiger charge is -2.21. The van der Waals surface area contributed by atoms with Crippen LogP contribution < -0.4 is 0 Å². The number of alkyl halides is 5. The monoisotopic (exact) mass is 242 g/mol. The van der Waals surface area contributed by atoms with E-state index in [9.17, 15) is 30.4 Å². The lowest BCUT2D eigenvalue weighted by atomic mass is 10.2. The van der Waals surface area contributed by atoms with Crippen LogP contribution in [0.3, 0.4) is 0 Å². The van der Waals surface area contributed by atoms with E-state index in [-0.39, 0.29) is 0 Å². The first-order valence-electron chi connectivity index (χ1n) is 3.29. The molecule has 0 fully saturated rings. The first-order valence-corrected chi connectivity index (χ1v) is 4.79. The molecular weight excluding hydrogens is 235 g/mol. The first-order chi connectivity index (χ1) is 5.88. The van der Waals surface area contributed by atoms with Gasteiger partial charge in [-0.25, -0.2) is 0 Å². The van der Waals surface area contributed by atoms with Crippen molar-refractivity contribution in [2.45, 2.75) is 30.7 Å². The van der Waals surface area contributed by atoms with Gasteiger partial charge in [0, 0.05) is 6.42 Å². The van der Waals surface area contributed by atoms with Gasteiger partial charge in [-0.1, -0.05) is 0 Å². The zero-order valence-corrected chi connectivity index (χ0v) is 7.66. The van der Waals surface area contributed by atoms with E-state index in [0.29, 0.717) is 6.92 Å². The predicted molar refractivity (Wildman–Crippen MR) is 36.6 cm³/mol. The molecule has 0 rings (SSSR count). The highest BCUT2D eigenvalue weighted by Gasteiger charge is 2.58. The van der Waals surface area contributed by atoms with Crippen LogP contribution in [0.2, 0.25) is 0 Å². The summed E-state index contributed by atoms with van der Waals surface area (Å²) in [5.41, 5.74) is 0. The van der Waals surface area contributed by atoms with Gasteiger partial charge in [-0.05, 0) is 6.92 Å². The van der Waals surface area contributed by atoms with Gasteiger partial charge < -0.3 is 0 Å². The Hall–Kier alpha value is -0.440. The molecule has 14 heavy (non-hydrogen) atoms. The van der Waals surface area contributed by atoms with E-state index in [4.69, 9.17) is 4.55 Å². The topological polar surface area (TPSA) is 54.4 Å². The molecule has 0 heterocycles. The van der Waals surface area contributed by atoms with Gasteiger partial charge in [-0.3, -0.25) is 4.55 Å². The average Bonchev–Trinajstić information content (AvgIpc) is 1.80. The molecule has 0 aliphatic rings. The number of hydrogen-bond acceptors (Lipinski definition) is 2. The van der Waals surface area contributed by atoms with E-state index in [0.717, 1.165) is 0 Å². The Morgan fingerprint density at radius 3 is 1.79 bits per heavy atom. The Labute approximate surface area is 76.7 Å². The summed E-state index contributed by atoms with van der Waals surface area (Å²) < 4.78 is 87.7. The van der Waals surface area contributed by atoms with Crippen molar-refractivity contribution in [2.24, 2.45) is 0 Å². The fraction of sp³-hybridized carbons (Fsp3) is 1.00. The summed E-state index contributed by atoms with van der Waals surface area (Å²) in [7, 11) is -4.88. The Balaban J connectivity index is 4.70. The minimum atomic E-state index is -5.81. The van der Waals surface area contributed by atoms with Crippen molar-refractivity contribution in [1.29, 1.82) is 0 Å². The zero-order valence-electron chi connectivity index (χ0n) is 6.85. The van der Waals surface area contributed by atoms with Gasteiger partial charge in [0.05, 0.1) is 5.25 Å². The summed E-state index contributed by atoms with van der Waals surface area (Å²) in [4.78, 5) is 0. The Morgan fingerprint density at radius 1 is 1.21 bits per heavy atom. The van der Waals surface area contributed by atoms with Crippen LogP contribution in [-0.4, -0.2) is 30.3 Å². The largest absolute Gasteiger partial charge is 0.453 e. The molecule has 0 aromatic heterocycles. The summed E-state index contributed by atoms with van der Waals surface area (Å²) in [5, 5.41) is -2.17. The van der Waals surface area contributed by atoms with Crippen LogP contribution in [0.1, 0.15) is 13.3 Å². The van der Waals surface area contributed by atoms with Crippen molar-refractivity contribution in [3.63, 3.8) is 0 Å². The van der Waals surface area contributed by atoms with Crippen LogP contribution in [0, 0.1) is 0 Å². The van der Waals surface area contributed by atoms with Crippen LogP contribution in [0.4, 0.5) is 22.0 Å². The van der Waals surface area contributed by atoms with Gasteiger partial charge in [0.2, 0.25) is 0 Å². The van der Waals surface area contributed by atoms with Crippen molar-refractivity contribution >= 4 is 10.1 Å².